The lowest BCUT2D eigenvalue weighted by Gasteiger charge is -2.19. The van der Waals surface area contributed by atoms with Crippen LogP contribution in [-0.4, -0.2) is 40.0 Å². The molecule has 1 heterocycles. The molecule has 0 radical (unpaired) electrons. The van der Waals surface area contributed by atoms with Crippen molar-refractivity contribution in [2.24, 2.45) is 0 Å². The topological polar surface area (TPSA) is 92.8 Å². The van der Waals surface area contributed by atoms with Crippen molar-refractivity contribution in [1.29, 1.82) is 0 Å². The summed E-state index contributed by atoms with van der Waals surface area (Å²) in [5, 5.41) is 0. The average molecular weight is 380 g/mol. The molecule has 2 aliphatic rings. The lowest BCUT2D eigenvalue weighted by Crippen LogP contribution is -2.39. The average Bonchev–Trinajstić information content (AvgIpc) is 3.15. The van der Waals surface area contributed by atoms with Crippen LogP contribution >= 0.6 is 0 Å². The number of fused-ring (bicyclic) bond motifs is 1. The second-order valence-electron chi connectivity index (χ2n) is 7.37. The molecule has 1 N–H and O–H groups in total. The first-order valence-electron chi connectivity index (χ1n) is 8.72. The Bertz CT molecular complexity index is 841. The van der Waals surface area contributed by atoms with Gasteiger partial charge in [0.15, 0.2) is 0 Å². The fraction of sp³-hybridized carbons (Fsp3) is 0.556. The van der Waals surface area contributed by atoms with Gasteiger partial charge >= 0.3 is 5.97 Å². The third kappa shape index (κ3) is 3.23. The van der Waals surface area contributed by atoms with Crippen LogP contribution in [0.2, 0.25) is 0 Å². The molecular weight excluding hydrogens is 356 g/mol. The van der Waals surface area contributed by atoms with E-state index in [9.17, 15) is 18.0 Å². The van der Waals surface area contributed by atoms with Crippen molar-refractivity contribution in [3.05, 3.63) is 23.8 Å². The number of anilines is 1. The van der Waals surface area contributed by atoms with E-state index in [1.54, 1.807) is 26.0 Å². The van der Waals surface area contributed by atoms with Gasteiger partial charge in [0.2, 0.25) is 15.9 Å². The predicted octanol–water partition coefficient (Wildman–Crippen LogP) is 1.70. The van der Waals surface area contributed by atoms with E-state index in [2.05, 4.69) is 9.46 Å². The molecule has 1 aliphatic heterocycles. The van der Waals surface area contributed by atoms with Gasteiger partial charge in [0.05, 0.1) is 17.4 Å². The van der Waals surface area contributed by atoms with E-state index >= 15 is 0 Å². The van der Waals surface area contributed by atoms with Crippen molar-refractivity contribution < 1.29 is 22.7 Å². The number of nitrogens with one attached hydrogen (secondary N) is 1. The molecule has 1 aromatic rings. The van der Waals surface area contributed by atoms with Gasteiger partial charge in [0, 0.05) is 11.7 Å². The summed E-state index contributed by atoms with van der Waals surface area (Å²) in [6, 6.07) is 4.59. The molecule has 0 atom stereocenters. The van der Waals surface area contributed by atoms with Gasteiger partial charge in [-0.1, -0.05) is 12.8 Å². The standard InChI is InChI=1S/C18H24N2O5S/c1-18(2)14-10-13(26(23,24)19-12-6-4-5-7-12)8-9-15(14)20(17(18)22)11-16(21)25-3/h8-10,12,19H,4-7,11H2,1-3H3. The lowest BCUT2D eigenvalue weighted by molar-refractivity contribution is -0.140. The molecule has 1 fully saturated rings. The Morgan fingerprint density at radius 1 is 1.31 bits per heavy atom. The van der Waals surface area contributed by atoms with Crippen LogP contribution in [0.4, 0.5) is 5.69 Å². The number of hydrogen-bond acceptors (Lipinski definition) is 5. The van der Waals surface area contributed by atoms with Gasteiger partial charge in [0.1, 0.15) is 6.54 Å². The number of amides is 1. The summed E-state index contributed by atoms with van der Waals surface area (Å²) in [6.07, 6.45) is 3.75. The monoisotopic (exact) mass is 380 g/mol. The minimum atomic E-state index is -3.65. The summed E-state index contributed by atoms with van der Waals surface area (Å²) in [5.41, 5.74) is 0.230. The van der Waals surface area contributed by atoms with E-state index < -0.39 is 21.4 Å². The number of methoxy groups -OCH3 is 1. The van der Waals surface area contributed by atoms with E-state index in [0.29, 0.717) is 11.3 Å². The van der Waals surface area contributed by atoms with E-state index in [4.69, 9.17) is 0 Å². The zero-order valence-electron chi connectivity index (χ0n) is 15.2. The van der Waals surface area contributed by atoms with Crippen molar-refractivity contribution in [2.75, 3.05) is 18.6 Å². The molecular formula is C18H24N2O5S. The van der Waals surface area contributed by atoms with Crippen LogP contribution < -0.4 is 9.62 Å². The molecule has 3 rings (SSSR count). The van der Waals surface area contributed by atoms with Gasteiger partial charge < -0.3 is 9.64 Å². The van der Waals surface area contributed by atoms with Crippen molar-refractivity contribution in [1.82, 2.24) is 4.72 Å². The SMILES string of the molecule is COC(=O)CN1C(=O)C(C)(C)c2cc(S(=O)(=O)NC3CCCC3)ccc21. The van der Waals surface area contributed by atoms with E-state index in [1.807, 2.05) is 0 Å². The number of carbonyl (C=O) groups excluding carboxylic acids is 2. The van der Waals surface area contributed by atoms with Gasteiger partial charge in [0.25, 0.3) is 0 Å². The van der Waals surface area contributed by atoms with Crippen LogP contribution in [0, 0.1) is 0 Å². The quantitative estimate of drug-likeness (QED) is 0.785. The Labute approximate surface area is 153 Å². The maximum Gasteiger partial charge on any atom is 0.325 e. The van der Waals surface area contributed by atoms with Crippen molar-refractivity contribution in [2.45, 2.75) is 55.9 Å². The zero-order chi connectivity index (χ0) is 19.1. The molecule has 0 saturated heterocycles. The Morgan fingerprint density at radius 3 is 2.58 bits per heavy atom. The first kappa shape index (κ1) is 18.8. The van der Waals surface area contributed by atoms with Crippen LogP contribution in [0.1, 0.15) is 45.1 Å². The molecule has 1 aromatic carbocycles. The highest BCUT2D eigenvalue weighted by Crippen LogP contribution is 2.42. The highest BCUT2D eigenvalue weighted by atomic mass is 32.2. The summed E-state index contributed by atoms with van der Waals surface area (Å²) >= 11 is 0. The van der Waals surface area contributed by atoms with Crippen LogP contribution in [0.5, 0.6) is 0 Å². The van der Waals surface area contributed by atoms with E-state index in [0.717, 1.165) is 25.7 Å². The number of carbonyl (C=O) groups is 2. The number of rotatable bonds is 5. The largest absolute Gasteiger partial charge is 0.468 e. The molecule has 1 amide bonds. The number of hydrogen-bond donors (Lipinski definition) is 1. The van der Waals surface area contributed by atoms with Gasteiger partial charge in [-0.2, -0.15) is 0 Å². The molecule has 1 aliphatic carbocycles. The molecule has 142 valence electrons. The minimum Gasteiger partial charge on any atom is -0.468 e. The first-order valence-corrected chi connectivity index (χ1v) is 10.2. The van der Waals surface area contributed by atoms with Gasteiger partial charge in [-0.05, 0) is 50.5 Å². The van der Waals surface area contributed by atoms with Crippen molar-refractivity contribution >= 4 is 27.6 Å². The van der Waals surface area contributed by atoms with Gasteiger partial charge in [-0.25, -0.2) is 13.1 Å². The predicted molar refractivity (Wildman–Crippen MR) is 96.4 cm³/mol. The second-order valence-corrected chi connectivity index (χ2v) is 9.09. The molecule has 0 spiro atoms. The lowest BCUT2D eigenvalue weighted by atomic mass is 9.86. The molecule has 0 unspecified atom stereocenters. The number of benzene rings is 1. The number of esters is 1. The molecule has 0 aromatic heterocycles. The smallest absolute Gasteiger partial charge is 0.325 e. The Kier molecular flexibility index (Phi) is 4.83. The molecule has 1 saturated carbocycles. The van der Waals surface area contributed by atoms with E-state index in [-0.39, 0.29) is 23.4 Å². The normalized spacial score (nSPS) is 19.7. The summed E-state index contributed by atoms with van der Waals surface area (Å²) in [6.45, 7) is 3.26. The molecule has 8 heteroatoms. The fourth-order valence-electron chi connectivity index (χ4n) is 3.66. The van der Waals surface area contributed by atoms with E-state index in [1.165, 1.54) is 18.1 Å². The highest BCUT2D eigenvalue weighted by Gasteiger charge is 2.45. The van der Waals surface area contributed by atoms with Crippen LogP contribution in [0.15, 0.2) is 23.1 Å². The summed E-state index contributed by atoms with van der Waals surface area (Å²) in [4.78, 5) is 25.9. The summed E-state index contributed by atoms with van der Waals surface area (Å²) < 4.78 is 32.8. The van der Waals surface area contributed by atoms with Gasteiger partial charge in [-0.3, -0.25) is 9.59 Å². The zero-order valence-corrected chi connectivity index (χ0v) is 16.1. The van der Waals surface area contributed by atoms with Crippen LogP contribution in [0.3, 0.4) is 0 Å². The Hall–Kier alpha value is -1.93. The number of ether oxygens (including phenoxy) is 1. The number of nitrogens with zero attached hydrogens (tertiary/aromatic N) is 1. The third-order valence-electron chi connectivity index (χ3n) is 5.21. The molecule has 7 nitrogen and oxygen atoms in total. The second kappa shape index (κ2) is 6.66. The summed E-state index contributed by atoms with van der Waals surface area (Å²) in [7, 11) is -2.39. The van der Waals surface area contributed by atoms with Crippen LogP contribution in [0.25, 0.3) is 0 Å². The van der Waals surface area contributed by atoms with Crippen LogP contribution in [-0.2, 0) is 29.8 Å². The Morgan fingerprint density at radius 2 is 1.96 bits per heavy atom. The fourth-order valence-corrected chi connectivity index (χ4v) is 4.99. The molecule has 0 bridgehead atoms. The summed E-state index contributed by atoms with van der Waals surface area (Å²) in [5.74, 6) is -0.780. The Balaban J connectivity index is 1.95. The first-order chi connectivity index (χ1) is 12.2. The highest BCUT2D eigenvalue weighted by molar-refractivity contribution is 7.89. The van der Waals surface area contributed by atoms with Crippen molar-refractivity contribution in [3.8, 4) is 0 Å². The third-order valence-corrected chi connectivity index (χ3v) is 6.73. The number of sulfonamides is 1. The van der Waals surface area contributed by atoms with Gasteiger partial charge in [-0.15, -0.1) is 0 Å². The maximum atomic E-state index is 12.7. The maximum absolute atomic E-state index is 12.7. The van der Waals surface area contributed by atoms with Crippen molar-refractivity contribution in [3.63, 3.8) is 0 Å². The minimum absolute atomic E-state index is 0.0290. The molecule has 26 heavy (non-hydrogen) atoms.